The van der Waals surface area contributed by atoms with E-state index in [1.165, 1.54) is 19.3 Å². The maximum atomic E-state index is 14.0. The van der Waals surface area contributed by atoms with Crippen LogP contribution < -0.4 is 15.4 Å². The van der Waals surface area contributed by atoms with Gasteiger partial charge in [-0.2, -0.15) is 13.2 Å². The monoisotopic (exact) mass is 581 g/mol. The number of pyridine rings is 1. The molecule has 0 radical (unpaired) electrons. The second-order valence-corrected chi connectivity index (χ2v) is 10.9. The average molecular weight is 582 g/mol. The van der Waals surface area contributed by atoms with Crippen molar-refractivity contribution in [1.82, 2.24) is 20.1 Å². The Hall–Kier alpha value is -3.96. The van der Waals surface area contributed by atoms with E-state index in [1.807, 2.05) is 30.1 Å². The number of ether oxygens (including phenoxy) is 1. The molecule has 2 aliphatic rings. The lowest BCUT2D eigenvalue weighted by molar-refractivity contribution is -0.138. The first-order valence-electron chi connectivity index (χ1n) is 14.0. The molecule has 222 valence electrons. The molecule has 2 amide bonds. The van der Waals surface area contributed by atoms with Crippen LogP contribution in [-0.2, 0) is 30.4 Å². The fourth-order valence-electron chi connectivity index (χ4n) is 5.43. The van der Waals surface area contributed by atoms with Crippen LogP contribution >= 0.6 is 0 Å². The van der Waals surface area contributed by atoms with Crippen LogP contribution in [0.15, 0.2) is 54.7 Å². The highest BCUT2D eigenvalue weighted by Gasteiger charge is 2.34. The van der Waals surface area contributed by atoms with Gasteiger partial charge in [0.25, 0.3) is 5.91 Å². The number of carbonyl (C=O) groups excluding carboxylic acids is 2. The molecular weight excluding hydrogens is 547 g/mol. The van der Waals surface area contributed by atoms with Crippen LogP contribution in [0.3, 0.4) is 0 Å². The summed E-state index contributed by atoms with van der Waals surface area (Å²) in [7, 11) is 3.52. The zero-order valence-corrected chi connectivity index (χ0v) is 23.6. The lowest BCUT2D eigenvalue weighted by Gasteiger charge is -2.33. The van der Waals surface area contributed by atoms with Gasteiger partial charge in [0, 0.05) is 63.6 Å². The number of aromatic nitrogens is 1. The molecule has 2 N–H and O–H groups in total. The number of likely N-dealkylation sites (N-methyl/N-ethyl adjacent to an activating group) is 1. The summed E-state index contributed by atoms with van der Waals surface area (Å²) in [6, 6.07) is 12.9. The van der Waals surface area contributed by atoms with E-state index >= 15 is 0 Å². The third-order valence-electron chi connectivity index (χ3n) is 7.88. The minimum atomic E-state index is -4.53. The Kier molecular flexibility index (Phi) is 8.79. The molecule has 5 rings (SSSR count). The number of carbonyl (C=O) groups is 2. The first kappa shape index (κ1) is 29.5. The lowest BCUT2D eigenvalue weighted by atomic mass is 9.83. The Morgan fingerprint density at radius 1 is 1.00 bits per heavy atom. The number of fused-ring (bicyclic) bond motifs is 1. The van der Waals surface area contributed by atoms with E-state index in [0.29, 0.717) is 43.9 Å². The molecule has 8 nitrogen and oxygen atoms in total. The van der Waals surface area contributed by atoms with Crippen molar-refractivity contribution in [3.63, 3.8) is 0 Å². The third kappa shape index (κ3) is 7.08. The molecule has 0 spiro atoms. The number of halogens is 3. The normalized spacial score (nSPS) is 17.8. The molecule has 3 aromatic rings. The first-order valence-corrected chi connectivity index (χ1v) is 14.0. The first-order chi connectivity index (χ1) is 20.1. The summed E-state index contributed by atoms with van der Waals surface area (Å²) in [5, 5.41) is 5.26. The standard InChI is InChI=1S/C31H34F3N5O3/c1-35-30(41)28-18-26(9-10-36-28)42-25-8-6-20-3-4-21(15-23(20)16-25)29(40)37-24-7-5-22(27(17-24)31(32,33)34)19-39-13-11-38(2)12-14-39/h5-10,16-18,21H,3-4,11-15,19H2,1-2H3,(H,35,41)(H,37,40). The highest BCUT2D eigenvalue weighted by molar-refractivity contribution is 5.93. The number of rotatable bonds is 7. The molecular formula is C31H34F3N5O3. The number of hydrogen-bond donors (Lipinski definition) is 2. The van der Waals surface area contributed by atoms with E-state index in [2.05, 4.69) is 20.5 Å². The quantitative estimate of drug-likeness (QED) is 0.419. The number of nitrogens with one attached hydrogen (secondary N) is 2. The Labute approximate surface area is 242 Å². The molecule has 1 fully saturated rings. The molecule has 1 aliphatic carbocycles. The number of nitrogens with zero attached hydrogens (tertiary/aromatic N) is 3. The summed E-state index contributed by atoms with van der Waals surface area (Å²) in [5.41, 5.74) is 1.90. The molecule has 42 heavy (non-hydrogen) atoms. The van der Waals surface area contributed by atoms with Gasteiger partial charge in [-0.15, -0.1) is 0 Å². The highest BCUT2D eigenvalue weighted by Crippen LogP contribution is 2.36. The van der Waals surface area contributed by atoms with Gasteiger partial charge in [0.05, 0.1) is 5.56 Å². The molecule has 1 aliphatic heterocycles. The minimum Gasteiger partial charge on any atom is -0.457 e. The van der Waals surface area contributed by atoms with Gasteiger partial charge in [-0.1, -0.05) is 12.1 Å². The Bertz CT molecular complexity index is 1450. The molecule has 11 heteroatoms. The average Bonchev–Trinajstić information content (AvgIpc) is 2.98. The fourth-order valence-corrected chi connectivity index (χ4v) is 5.43. The Morgan fingerprint density at radius 2 is 1.76 bits per heavy atom. The van der Waals surface area contributed by atoms with Gasteiger partial charge < -0.3 is 20.3 Å². The van der Waals surface area contributed by atoms with Crippen molar-refractivity contribution < 1.29 is 27.5 Å². The Balaban J connectivity index is 1.26. The maximum Gasteiger partial charge on any atom is 0.416 e. The van der Waals surface area contributed by atoms with Crippen molar-refractivity contribution >= 4 is 17.5 Å². The van der Waals surface area contributed by atoms with Crippen molar-refractivity contribution in [2.75, 3.05) is 45.6 Å². The predicted octanol–water partition coefficient (Wildman–Crippen LogP) is 4.74. The van der Waals surface area contributed by atoms with E-state index in [-0.39, 0.29) is 35.3 Å². The number of amides is 2. The number of anilines is 1. The number of piperazine rings is 1. The van der Waals surface area contributed by atoms with Gasteiger partial charge in [-0.05, 0) is 73.3 Å². The van der Waals surface area contributed by atoms with Crippen molar-refractivity contribution in [3.8, 4) is 11.5 Å². The van der Waals surface area contributed by atoms with Crippen molar-refractivity contribution in [3.05, 3.63) is 82.7 Å². The predicted molar refractivity (Wildman–Crippen MR) is 153 cm³/mol. The maximum absolute atomic E-state index is 14.0. The van der Waals surface area contributed by atoms with Crippen LogP contribution in [0.2, 0.25) is 0 Å². The molecule has 1 atom stereocenters. The van der Waals surface area contributed by atoms with Gasteiger partial charge in [0.2, 0.25) is 5.91 Å². The van der Waals surface area contributed by atoms with Gasteiger partial charge >= 0.3 is 6.18 Å². The smallest absolute Gasteiger partial charge is 0.416 e. The van der Waals surface area contributed by atoms with Crippen molar-refractivity contribution in [2.45, 2.75) is 32.0 Å². The lowest BCUT2D eigenvalue weighted by Crippen LogP contribution is -2.44. The fraction of sp³-hybridized carbons (Fsp3) is 0.387. The zero-order chi connectivity index (χ0) is 29.9. The molecule has 1 unspecified atom stereocenters. The van der Waals surface area contributed by atoms with Crippen LogP contribution in [0, 0.1) is 5.92 Å². The summed E-state index contributed by atoms with van der Waals surface area (Å²) >= 11 is 0. The third-order valence-corrected chi connectivity index (χ3v) is 7.88. The number of hydrogen-bond acceptors (Lipinski definition) is 6. The Morgan fingerprint density at radius 3 is 2.50 bits per heavy atom. The molecule has 1 saturated heterocycles. The van der Waals surface area contributed by atoms with E-state index in [0.717, 1.165) is 30.3 Å². The van der Waals surface area contributed by atoms with Crippen LogP contribution in [0.25, 0.3) is 0 Å². The molecule has 2 heterocycles. The van der Waals surface area contributed by atoms with E-state index in [9.17, 15) is 22.8 Å². The van der Waals surface area contributed by atoms with Gasteiger partial charge in [0.1, 0.15) is 17.2 Å². The topological polar surface area (TPSA) is 86.8 Å². The molecule has 0 saturated carbocycles. The van der Waals surface area contributed by atoms with Crippen LogP contribution in [0.1, 0.15) is 39.2 Å². The molecule has 0 bridgehead atoms. The second kappa shape index (κ2) is 12.5. The van der Waals surface area contributed by atoms with Crippen molar-refractivity contribution in [2.24, 2.45) is 5.92 Å². The van der Waals surface area contributed by atoms with E-state index in [1.54, 1.807) is 18.2 Å². The second-order valence-electron chi connectivity index (χ2n) is 10.9. The van der Waals surface area contributed by atoms with Gasteiger partial charge in [0.15, 0.2) is 0 Å². The highest BCUT2D eigenvalue weighted by atomic mass is 19.4. The number of aryl methyl sites for hydroxylation is 1. The number of alkyl halides is 3. The largest absolute Gasteiger partial charge is 0.457 e. The zero-order valence-electron chi connectivity index (χ0n) is 23.6. The molecule has 2 aromatic carbocycles. The van der Waals surface area contributed by atoms with E-state index < -0.39 is 17.7 Å². The van der Waals surface area contributed by atoms with E-state index in [4.69, 9.17) is 4.74 Å². The van der Waals surface area contributed by atoms with Crippen LogP contribution in [0.5, 0.6) is 11.5 Å². The van der Waals surface area contributed by atoms with Crippen LogP contribution in [0.4, 0.5) is 18.9 Å². The summed E-state index contributed by atoms with van der Waals surface area (Å²) < 4.78 is 48.0. The SMILES string of the molecule is CNC(=O)c1cc(Oc2ccc3c(c2)CC(C(=O)Nc2ccc(CN4CCN(C)CC4)c(C(F)(F)F)c2)CC3)ccn1. The minimum absolute atomic E-state index is 0.141. The van der Waals surface area contributed by atoms with Crippen LogP contribution in [-0.4, -0.2) is 66.9 Å². The molecule has 1 aromatic heterocycles. The summed E-state index contributed by atoms with van der Waals surface area (Å²) in [5.74, 6) is -0.0317. The number of benzene rings is 2. The van der Waals surface area contributed by atoms with Gasteiger partial charge in [-0.3, -0.25) is 19.5 Å². The summed E-state index contributed by atoms with van der Waals surface area (Å²) in [6.45, 7) is 3.27. The summed E-state index contributed by atoms with van der Waals surface area (Å²) in [4.78, 5) is 33.3. The summed E-state index contributed by atoms with van der Waals surface area (Å²) in [6.07, 6.45) is -1.35. The van der Waals surface area contributed by atoms with Gasteiger partial charge in [-0.25, -0.2) is 0 Å². The van der Waals surface area contributed by atoms with Crippen molar-refractivity contribution in [1.29, 1.82) is 0 Å².